The highest BCUT2D eigenvalue weighted by atomic mass is 79.9. The van der Waals surface area contributed by atoms with Gasteiger partial charge in [-0.05, 0) is 70.0 Å². The van der Waals surface area contributed by atoms with E-state index in [1.54, 1.807) is 6.08 Å². The molecule has 7 nitrogen and oxygen atoms in total. The van der Waals surface area contributed by atoms with Crippen molar-refractivity contribution in [1.82, 2.24) is 5.01 Å². The Morgan fingerprint density at radius 1 is 1.26 bits per heavy atom. The molecular formula is C22H20BrN5O2S. The van der Waals surface area contributed by atoms with E-state index in [2.05, 4.69) is 26.0 Å². The molecule has 1 amide bonds. The van der Waals surface area contributed by atoms with Crippen LogP contribution in [0.4, 0.5) is 5.69 Å². The summed E-state index contributed by atoms with van der Waals surface area (Å²) in [6, 6.07) is 13.5. The molecule has 1 N–H and O–H groups in total. The van der Waals surface area contributed by atoms with E-state index in [9.17, 15) is 4.79 Å². The van der Waals surface area contributed by atoms with Gasteiger partial charge in [0.15, 0.2) is 5.84 Å². The molecule has 2 heterocycles. The number of ether oxygens (including phenoxy) is 1. The van der Waals surface area contributed by atoms with Gasteiger partial charge in [-0.2, -0.15) is 15.1 Å². The van der Waals surface area contributed by atoms with Gasteiger partial charge in [0.25, 0.3) is 5.91 Å². The van der Waals surface area contributed by atoms with Crippen LogP contribution in [0.25, 0.3) is 6.08 Å². The number of anilines is 1. The number of nitrogens with one attached hydrogen (secondary N) is 1. The van der Waals surface area contributed by atoms with E-state index in [4.69, 9.17) is 10.1 Å². The Hall–Kier alpha value is -2.91. The molecule has 0 aliphatic carbocycles. The summed E-state index contributed by atoms with van der Waals surface area (Å²) in [7, 11) is 3.91. The first-order valence-electron chi connectivity index (χ1n) is 9.48. The minimum Gasteiger partial charge on any atom is -0.486 e. The number of halogens is 1. The van der Waals surface area contributed by atoms with E-state index in [-0.39, 0.29) is 18.0 Å². The van der Waals surface area contributed by atoms with Gasteiger partial charge in [0.2, 0.25) is 5.17 Å². The molecule has 0 saturated carbocycles. The Kier molecular flexibility index (Phi) is 5.97. The molecule has 2 aliphatic rings. The van der Waals surface area contributed by atoms with Gasteiger partial charge < -0.3 is 9.64 Å². The van der Waals surface area contributed by atoms with Crippen LogP contribution in [0, 0.1) is 12.3 Å². The van der Waals surface area contributed by atoms with Gasteiger partial charge in [-0.3, -0.25) is 10.2 Å². The number of aryl methyl sites for hydroxylation is 1. The SMILES string of the molecule is Cc1ccccc1OCC1=NN2C(=N)/C(=C/c3ccc(N(C)C)c(Br)c3)C(=O)N=C2S1. The van der Waals surface area contributed by atoms with E-state index >= 15 is 0 Å². The number of nitrogens with zero attached hydrogens (tertiary/aromatic N) is 4. The van der Waals surface area contributed by atoms with Crippen LogP contribution in [-0.4, -0.2) is 47.7 Å². The number of hydrogen-bond donors (Lipinski definition) is 1. The minimum absolute atomic E-state index is 0.00111. The molecule has 0 spiro atoms. The second-order valence-corrected chi connectivity index (χ2v) is 9.07. The molecule has 2 aliphatic heterocycles. The maximum Gasteiger partial charge on any atom is 0.283 e. The van der Waals surface area contributed by atoms with Crippen molar-refractivity contribution < 1.29 is 9.53 Å². The normalized spacial score (nSPS) is 16.9. The number of fused-ring (bicyclic) bond motifs is 1. The fraction of sp³-hybridized carbons (Fsp3) is 0.182. The van der Waals surface area contributed by atoms with Gasteiger partial charge in [0.1, 0.15) is 17.4 Å². The fourth-order valence-corrected chi connectivity index (χ4v) is 4.64. The third-order valence-corrected chi connectivity index (χ3v) is 6.22. The highest BCUT2D eigenvalue weighted by Gasteiger charge is 2.35. The lowest BCUT2D eigenvalue weighted by molar-refractivity contribution is -0.114. The largest absolute Gasteiger partial charge is 0.486 e. The Labute approximate surface area is 193 Å². The van der Waals surface area contributed by atoms with Gasteiger partial charge in [0.05, 0.1) is 11.3 Å². The summed E-state index contributed by atoms with van der Waals surface area (Å²) in [4.78, 5) is 18.7. The highest BCUT2D eigenvalue weighted by Crippen LogP contribution is 2.30. The van der Waals surface area contributed by atoms with Crippen molar-refractivity contribution in [2.75, 3.05) is 25.6 Å². The first-order chi connectivity index (χ1) is 14.8. The lowest BCUT2D eigenvalue weighted by atomic mass is 10.1. The zero-order chi connectivity index (χ0) is 22.1. The summed E-state index contributed by atoms with van der Waals surface area (Å²) in [6.07, 6.45) is 1.66. The minimum atomic E-state index is -0.451. The number of para-hydroxylation sites is 1. The van der Waals surface area contributed by atoms with Crippen LogP contribution in [-0.2, 0) is 4.79 Å². The molecule has 31 heavy (non-hydrogen) atoms. The second-order valence-electron chi connectivity index (χ2n) is 7.17. The van der Waals surface area contributed by atoms with Crippen molar-refractivity contribution >= 4 is 61.4 Å². The molecule has 4 rings (SSSR count). The van der Waals surface area contributed by atoms with Crippen LogP contribution >= 0.6 is 27.7 Å². The average Bonchev–Trinajstić information content (AvgIpc) is 3.13. The first kappa shape index (κ1) is 21.3. The number of amidine groups is 2. The fourth-order valence-electron chi connectivity index (χ4n) is 3.09. The summed E-state index contributed by atoms with van der Waals surface area (Å²) in [6.45, 7) is 2.21. The van der Waals surface area contributed by atoms with E-state index in [0.29, 0.717) is 10.2 Å². The number of thioether (sulfide) groups is 1. The maximum atomic E-state index is 12.6. The van der Waals surface area contributed by atoms with Gasteiger partial charge in [-0.25, -0.2) is 0 Å². The van der Waals surface area contributed by atoms with Crippen molar-refractivity contribution in [3.63, 3.8) is 0 Å². The topological polar surface area (TPSA) is 81.4 Å². The zero-order valence-electron chi connectivity index (χ0n) is 17.2. The van der Waals surface area contributed by atoms with Crippen molar-refractivity contribution in [2.24, 2.45) is 10.1 Å². The van der Waals surface area contributed by atoms with Crippen LogP contribution < -0.4 is 9.64 Å². The summed E-state index contributed by atoms with van der Waals surface area (Å²) in [5, 5.41) is 15.4. The molecule has 0 bridgehead atoms. The Morgan fingerprint density at radius 2 is 2.03 bits per heavy atom. The molecule has 0 radical (unpaired) electrons. The van der Waals surface area contributed by atoms with Gasteiger partial charge in [-0.15, -0.1) is 0 Å². The van der Waals surface area contributed by atoms with Gasteiger partial charge in [-0.1, -0.05) is 24.3 Å². The Morgan fingerprint density at radius 3 is 2.74 bits per heavy atom. The standard InChI is InChI=1S/C22H20BrN5O2S/c1-13-6-4-5-7-18(13)30-12-19-26-28-20(24)15(21(29)25-22(28)31-19)10-14-8-9-17(27(2)3)16(23)11-14/h4-11,24H,12H2,1-3H3/b15-10-,24-20?. The number of hydrogen-bond acceptors (Lipinski definition) is 6. The number of carbonyl (C=O) groups is 1. The van der Waals surface area contributed by atoms with E-state index in [0.717, 1.165) is 27.0 Å². The van der Waals surface area contributed by atoms with Crippen LogP contribution in [0.5, 0.6) is 5.75 Å². The first-order valence-corrected chi connectivity index (χ1v) is 11.1. The summed E-state index contributed by atoms with van der Waals surface area (Å²) >= 11 is 4.79. The number of amides is 1. The van der Waals surface area contributed by atoms with E-state index in [1.807, 2.05) is 68.4 Å². The maximum absolute atomic E-state index is 12.6. The van der Waals surface area contributed by atoms with Crippen molar-refractivity contribution in [1.29, 1.82) is 5.41 Å². The molecule has 0 unspecified atom stereocenters. The van der Waals surface area contributed by atoms with Crippen molar-refractivity contribution in [3.05, 3.63) is 63.6 Å². The second kappa shape index (κ2) is 8.68. The monoisotopic (exact) mass is 497 g/mol. The molecule has 2 aromatic rings. The molecule has 0 atom stereocenters. The third-order valence-electron chi connectivity index (χ3n) is 4.71. The summed E-state index contributed by atoms with van der Waals surface area (Å²) in [5.41, 5.74) is 3.04. The molecule has 0 saturated heterocycles. The van der Waals surface area contributed by atoms with Crippen LogP contribution in [0.2, 0.25) is 0 Å². The predicted octanol–water partition coefficient (Wildman–Crippen LogP) is 4.52. The smallest absolute Gasteiger partial charge is 0.283 e. The molecule has 9 heteroatoms. The molecule has 0 fully saturated rings. The van der Waals surface area contributed by atoms with Crippen LogP contribution in [0.3, 0.4) is 0 Å². The van der Waals surface area contributed by atoms with Crippen LogP contribution in [0.1, 0.15) is 11.1 Å². The van der Waals surface area contributed by atoms with Crippen molar-refractivity contribution in [2.45, 2.75) is 6.92 Å². The molecule has 2 aromatic carbocycles. The molecule has 158 valence electrons. The van der Waals surface area contributed by atoms with Gasteiger partial charge in [0, 0.05) is 18.6 Å². The number of hydrazone groups is 1. The van der Waals surface area contributed by atoms with E-state index in [1.165, 1.54) is 16.8 Å². The number of carbonyl (C=O) groups excluding carboxylic acids is 1. The van der Waals surface area contributed by atoms with E-state index < -0.39 is 5.91 Å². The molecular weight excluding hydrogens is 478 g/mol. The number of rotatable bonds is 5. The quantitative estimate of drug-likeness (QED) is 0.614. The zero-order valence-corrected chi connectivity index (χ0v) is 19.6. The Balaban J connectivity index is 1.54. The lowest BCUT2D eigenvalue weighted by Gasteiger charge is -2.20. The highest BCUT2D eigenvalue weighted by molar-refractivity contribution is 9.10. The lowest BCUT2D eigenvalue weighted by Crippen LogP contribution is -2.35. The predicted molar refractivity (Wildman–Crippen MR) is 130 cm³/mol. The molecule has 0 aromatic heterocycles. The summed E-state index contributed by atoms with van der Waals surface area (Å²) < 4.78 is 6.74. The number of aliphatic imine (C=N–C) groups is 1. The Bertz CT molecular complexity index is 1170. The third kappa shape index (κ3) is 4.42. The van der Waals surface area contributed by atoms with Crippen LogP contribution in [0.15, 0.2) is 62.6 Å². The summed E-state index contributed by atoms with van der Waals surface area (Å²) in [5.74, 6) is 0.324. The average molecular weight is 498 g/mol. The van der Waals surface area contributed by atoms with Crippen molar-refractivity contribution in [3.8, 4) is 5.75 Å². The van der Waals surface area contributed by atoms with Gasteiger partial charge >= 0.3 is 0 Å². The number of benzene rings is 2.